The molecule has 212 valence electrons. The molecule has 1 N–H and O–H groups in total. The summed E-state index contributed by atoms with van der Waals surface area (Å²) < 4.78 is 6.31. The minimum Gasteiger partial charge on any atom is -0.508 e. The highest BCUT2D eigenvalue weighted by molar-refractivity contribution is 5.98. The predicted molar refractivity (Wildman–Crippen MR) is 161 cm³/mol. The molecule has 6 rings (SSSR count). The number of hydrogen-bond acceptors (Lipinski definition) is 4. The summed E-state index contributed by atoms with van der Waals surface area (Å²) in [7, 11) is 1.85. The van der Waals surface area contributed by atoms with E-state index < -0.39 is 0 Å². The van der Waals surface area contributed by atoms with Crippen LogP contribution in [0.1, 0.15) is 61.9 Å². The van der Waals surface area contributed by atoms with Crippen LogP contribution in [0.5, 0.6) is 5.75 Å². The van der Waals surface area contributed by atoms with Crippen LogP contribution in [0.15, 0.2) is 66.7 Å². The minimum atomic E-state index is -0.152. The van der Waals surface area contributed by atoms with Crippen LogP contribution in [-0.4, -0.2) is 66.2 Å². The Morgan fingerprint density at radius 1 is 1.07 bits per heavy atom. The minimum absolute atomic E-state index is 0.0437. The lowest BCUT2D eigenvalue weighted by Crippen LogP contribution is -2.62. The van der Waals surface area contributed by atoms with Gasteiger partial charge in [0.05, 0.1) is 6.10 Å². The molecular formula is C35H44N2O3. The van der Waals surface area contributed by atoms with Crippen molar-refractivity contribution < 1.29 is 14.6 Å². The molecule has 3 aromatic rings. The van der Waals surface area contributed by atoms with Gasteiger partial charge in [-0.05, 0) is 91.1 Å². The van der Waals surface area contributed by atoms with E-state index in [0.29, 0.717) is 24.1 Å². The number of ether oxygens (including phenoxy) is 1. The lowest BCUT2D eigenvalue weighted by molar-refractivity contribution is -0.0824. The summed E-state index contributed by atoms with van der Waals surface area (Å²) in [6.45, 7) is 8.35. The van der Waals surface area contributed by atoms with Gasteiger partial charge in [0.25, 0.3) is 5.91 Å². The molecule has 3 aliphatic rings. The van der Waals surface area contributed by atoms with Crippen molar-refractivity contribution in [1.82, 2.24) is 9.80 Å². The standard InChI is InChI=1S/C35H44N2O3/c1-24(2)21-37(34(39)28-14-13-26-7-4-5-8-27(26)17-28)30-19-33(40-3)32-23-36(22-25-11-12-25)16-15-35(32,20-30)29-9-6-10-31(38)18-29/h4-10,13-14,17-18,24-25,30,32-33,38H,11-12,15-16,19-23H2,1-3H3/t30-,32-,33?,35-/m0/s1. The van der Waals surface area contributed by atoms with Crippen LogP contribution in [0.3, 0.4) is 0 Å². The lowest BCUT2D eigenvalue weighted by Gasteiger charge is -2.57. The smallest absolute Gasteiger partial charge is 0.254 e. The zero-order chi connectivity index (χ0) is 27.9. The first-order valence-electron chi connectivity index (χ1n) is 15.2. The zero-order valence-corrected chi connectivity index (χ0v) is 24.3. The molecular weight excluding hydrogens is 496 g/mol. The summed E-state index contributed by atoms with van der Waals surface area (Å²) in [5.41, 5.74) is 1.79. The van der Waals surface area contributed by atoms with Gasteiger partial charge in [0.2, 0.25) is 0 Å². The molecule has 0 bridgehead atoms. The highest BCUT2D eigenvalue weighted by Gasteiger charge is 2.54. The average molecular weight is 541 g/mol. The molecule has 0 aromatic heterocycles. The number of fused-ring (bicyclic) bond motifs is 2. The fourth-order valence-corrected chi connectivity index (χ4v) is 7.65. The van der Waals surface area contributed by atoms with E-state index in [4.69, 9.17) is 4.74 Å². The number of carbonyl (C=O) groups is 1. The molecule has 0 spiro atoms. The summed E-state index contributed by atoms with van der Waals surface area (Å²) >= 11 is 0. The van der Waals surface area contributed by atoms with Gasteiger partial charge in [-0.2, -0.15) is 0 Å². The van der Waals surface area contributed by atoms with Crippen LogP contribution in [0.25, 0.3) is 10.8 Å². The third kappa shape index (κ3) is 5.38. The Morgan fingerprint density at radius 3 is 2.60 bits per heavy atom. The Hall–Kier alpha value is -2.89. The molecule has 3 aromatic carbocycles. The SMILES string of the molecule is COC1C[C@H](N(CC(C)C)C(=O)c2ccc3ccccc3c2)C[C@]2(c3cccc(O)c3)CCN(CC3CC3)C[C@@H]12. The second-order valence-corrected chi connectivity index (χ2v) is 13.0. The van der Waals surface area contributed by atoms with Crippen molar-refractivity contribution in [3.63, 3.8) is 0 Å². The molecule has 2 aliphatic carbocycles. The number of amides is 1. The maximum Gasteiger partial charge on any atom is 0.254 e. The molecule has 4 atom stereocenters. The van der Waals surface area contributed by atoms with Crippen molar-refractivity contribution in [3.05, 3.63) is 77.9 Å². The van der Waals surface area contributed by atoms with Gasteiger partial charge in [0.1, 0.15) is 5.75 Å². The number of carbonyl (C=O) groups excluding carboxylic acids is 1. The van der Waals surface area contributed by atoms with Gasteiger partial charge in [0, 0.05) is 49.7 Å². The zero-order valence-electron chi connectivity index (χ0n) is 24.3. The Balaban J connectivity index is 1.37. The molecule has 5 heteroatoms. The number of rotatable bonds is 8. The van der Waals surface area contributed by atoms with E-state index in [1.807, 2.05) is 43.5 Å². The lowest BCUT2D eigenvalue weighted by atomic mass is 9.56. The molecule has 1 amide bonds. The second kappa shape index (κ2) is 11.2. The highest BCUT2D eigenvalue weighted by Crippen LogP contribution is 2.52. The maximum atomic E-state index is 14.3. The van der Waals surface area contributed by atoms with Crippen molar-refractivity contribution in [2.75, 3.05) is 33.3 Å². The normalized spacial score (nSPS) is 27.1. The van der Waals surface area contributed by atoms with E-state index in [-0.39, 0.29) is 23.5 Å². The van der Waals surface area contributed by atoms with Crippen LogP contribution in [-0.2, 0) is 10.2 Å². The van der Waals surface area contributed by atoms with E-state index in [1.165, 1.54) is 24.9 Å². The van der Waals surface area contributed by atoms with E-state index >= 15 is 0 Å². The van der Waals surface area contributed by atoms with Crippen molar-refractivity contribution in [1.29, 1.82) is 0 Å². The van der Waals surface area contributed by atoms with Crippen LogP contribution in [0.2, 0.25) is 0 Å². The van der Waals surface area contributed by atoms with Gasteiger partial charge in [-0.1, -0.05) is 56.3 Å². The van der Waals surface area contributed by atoms with Gasteiger partial charge in [0.15, 0.2) is 0 Å². The molecule has 1 heterocycles. The van der Waals surface area contributed by atoms with Crippen molar-refractivity contribution in [2.24, 2.45) is 17.8 Å². The van der Waals surface area contributed by atoms with E-state index in [1.54, 1.807) is 6.07 Å². The fraction of sp³-hybridized carbons (Fsp3) is 0.514. The molecule has 3 fully saturated rings. The second-order valence-electron chi connectivity index (χ2n) is 13.0. The van der Waals surface area contributed by atoms with Crippen molar-refractivity contribution >= 4 is 16.7 Å². The predicted octanol–water partition coefficient (Wildman–Crippen LogP) is 6.49. The molecule has 0 radical (unpaired) electrons. The first-order chi connectivity index (χ1) is 19.4. The first kappa shape index (κ1) is 27.3. The van der Waals surface area contributed by atoms with Crippen LogP contribution >= 0.6 is 0 Å². The van der Waals surface area contributed by atoms with Crippen molar-refractivity contribution in [3.8, 4) is 5.75 Å². The van der Waals surface area contributed by atoms with Crippen LogP contribution < -0.4 is 0 Å². The summed E-state index contributed by atoms with van der Waals surface area (Å²) in [6, 6.07) is 22.3. The monoisotopic (exact) mass is 540 g/mol. The number of likely N-dealkylation sites (tertiary alicyclic amines) is 1. The summed E-state index contributed by atoms with van der Waals surface area (Å²) in [4.78, 5) is 19.1. The van der Waals surface area contributed by atoms with Crippen LogP contribution in [0.4, 0.5) is 0 Å². The molecule has 1 aliphatic heterocycles. The van der Waals surface area contributed by atoms with Crippen molar-refractivity contribution in [2.45, 2.75) is 63.5 Å². The fourth-order valence-electron chi connectivity index (χ4n) is 7.65. The van der Waals surface area contributed by atoms with E-state index in [9.17, 15) is 9.90 Å². The number of phenolic OH excluding ortho intramolecular Hbond substituents is 1. The van der Waals surface area contributed by atoms with Gasteiger partial charge in [-0.15, -0.1) is 0 Å². The molecule has 40 heavy (non-hydrogen) atoms. The molecule has 2 saturated carbocycles. The van der Waals surface area contributed by atoms with E-state index in [2.05, 4.69) is 47.9 Å². The highest BCUT2D eigenvalue weighted by atomic mass is 16.5. The van der Waals surface area contributed by atoms with Gasteiger partial charge < -0.3 is 19.6 Å². The largest absolute Gasteiger partial charge is 0.508 e. The Morgan fingerprint density at radius 2 is 1.88 bits per heavy atom. The summed E-state index contributed by atoms with van der Waals surface area (Å²) in [5.74, 6) is 1.94. The third-order valence-corrected chi connectivity index (χ3v) is 9.79. The average Bonchev–Trinajstić information content (AvgIpc) is 3.78. The van der Waals surface area contributed by atoms with Gasteiger partial charge in [-0.3, -0.25) is 4.79 Å². The number of nitrogens with zero attached hydrogens (tertiary/aromatic N) is 2. The maximum absolute atomic E-state index is 14.3. The van der Waals surface area contributed by atoms with Crippen LogP contribution in [0, 0.1) is 17.8 Å². The third-order valence-electron chi connectivity index (χ3n) is 9.79. The first-order valence-corrected chi connectivity index (χ1v) is 15.2. The molecule has 1 saturated heterocycles. The summed E-state index contributed by atoms with van der Waals surface area (Å²) in [5, 5.41) is 12.8. The number of benzene rings is 3. The summed E-state index contributed by atoms with van der Waals surface area (Å²) in [6.07, 6.45) is 5.51. The van der Waals surface area contributed by atoms with E-state index in [0.717, 1.165) is 54.6 Å². The van der Waals surface area contributed by atoms with Gasteiger partial charge >= 0.3 is 0 Å². The number of methoxy groups -OCH3 is 1. The Labute approximate surface area is 239 Å². The molecule has 1 unspecified atom stereocenters. The number of piperidine rings is 1. The Bertz CT molecular complexity index is 1350. The number of aromatic hydroxyl groups is 1. The number of phenols is 1. The molecule has 5 nitrogen and oxygen atoms in total. The topological polar surface area (TPSA) is 53.0 Å². The number of hydrogen-bond donors (Lipinski definition) is 1. The Kier molecular flexibility index (Phi) is 7.62. The quantitative estimate of drug-likeness (QED) is 0.355. The van der Waals surface area contributed by atoms with Gasteiger partial charge in [-0.25, -0.2) is 0 Å².